The number of nitrogens with zero attached hydrogens (tertiary/aromatic N) is 1. The van der Waals surface area contributed by atoms with Gasteiger partial charge in [-0.25, -0.2) is 4.39 Å². The number of hydrogen-bond donors (Lipinski definition) is 1. The summed E-state index contributed by atoms with van der Waals surface area (Å²) in [6.07, 6.45) is 1.47. The maximum absolute atomic E-state index is 13.1. The van der Waals surface area contributed by atoms with Gasteiger partial charge in [-0.1, -0.05) is 30.3 Å². The standard InChI is InChI=1S/C24H18BrFN2O3/c1-30-22-13-17(11-18(14-27)24(29)28-20-5-3-2-4-6-20)12-21(25)23(22)31-15-16-7-9-19(26)10-8-16/h2-13H,15H2,1H3,(H,28,29)/b18-11-. The molecule has 3 rings (SSSR count). The molecule has 0 spiro atoms. The molecule has 0 bridgehead atoms. The van der Waals surface area contributed by atoms with Gasteiger partial charge in [0, 0.05) is 5.69 Å². The molecule has 0 atom stereocenters. The summed E-state index contributed by atoms with van der Waals surface area (Å²) >= 11 is 3.45. The van der Waals surface area contributed by atoms with Crippen LogP contribution in [0.2, 0.25) is 0 Å². The molecule has 0 aromatic heterocycles. The third kappa shape index (κ3) is 5.93. The fourth-order valence-corrected chi connectivity index (χ4v) is 3.31. The largest absolute Gasteiger partial charge is 0.493 e. The summed E-state index contributed by atoms with van der Waals surface area (Å²) < 4.78 is 24.9. The highest BCUT2D eigenvalue weighted by Crippen LogP contribution is 2.37. The van der Waals surface area contributed by atoms with E-state index in [-0.39, 0.29) is 18.0 Å². The van der Waals surface area contributed by atoms with Gasteiger partial charge in [0.1, 0.15) is 24.1 Å². The van der Waals surface area contributed by atoms with Gasteiger partial charge >= 0.3 is 0 Å². The van der Waals surface area contributed by atoms with Gasteiger partial charge in [0.25, 0.3) is 5.91 Å². The first-order valence-corrected chi connectivity index (χ1v) is 10.0. The molecule has 0 aliphatic heterocycles. The van der Waals surface area contributed by atoms with Gasteiger partial charge in [0.05, 0.1) is 11.6 Å². The number of halogens is 2. The number of benzene rings is 3. The number of amides is 1. The quantitative estimate of drug-likeness (QED) is 0.346. The molecule has 0 radical (unpaired) electrons. The maximum Gasteiger partial charge on any atom is 0.266 e. The Morgan fingerprint density at radius 1 is 1.16 bits per heavy atom. The van der Waals surface area contributed by atoms with E-state index in [1.54, 1.807) is 48.5 Å². The molecule has 0 saturated heterocycles. The smallest absolute Gasteiger partial charge is 0.266 e. The number of rotatable bonds is 7. The number of nitriles is 1. The van der Waals surface area contributed by atoms with Crippen LogP contribution in [0.15, 0.2) is 76.8 Å². The molecule has 3 aromatic rings. The number of hydrogen-bond acceptors (Lipinski definition) is 4. The van der Waals surface area contributed by atoms with Crippen LogP contribution in [0.1, 0.15) is 11.1 Å². The van der Waals surface area contributed by atoms with Crippen LogP contribution in [0.3, 0.4) is 0 Å². The highest BCUT2D eigenvalue weighted by atomic mass is 79.9. The Labute approximate surface area is 187 Å². The molecule has 0 fully saturated rings. The monoisotopic (exact) mass is 480 g/mol. The summed E-state index contributed by atoms with van der Waals surface area (Å²) in [7, 11) is 1.49. The second kappa shape index (κ2) is 10.4. The van der Waals surface area contributed by atoms with Crippen molar-refractivity contribution in [2.45, 2.75) is 6.61 Å². The lowest BCUT2D eigenvalue weighted by Crippen LogP contribution is -2.13. The Morgan fingerprint density at radius 3 is 2.52 bits per heavy atom. The maximum atomic E-state index is 13.1. The van der Waals surface area contributed by atoms with Crippen LogP contribution in [0.5, 0.6) is 11.5 Å². The van der Waals surface area contributed by atoms with Crippen LogP contribution in [0, 0.1) is 17.1 Å². The van der Waals surface area contributed by atoms with Gasteiger partial charge in [-0.2, -0.15) is 5.26 Å². The molecular formula is C24H18BrFN2O3. The van der Waals surface area contributed by atoms with Gasteiger partial charge in [-0.05, 0) is 69.5 Å². The van der Waals surface area contributed by atoms with E-state index in [2.05, 4.69) is 21.2 Å². The molecule has 1 amide bonds. The summed E-state index contributed by atoms with van der Waals surface area (Å²) in [6.45, 7) is 0.216. The molecule has 0 unspecified atom stereocenters. The molecular weight excluding hydrogens is 463 g/mol. The van der Waals surface area contributed by atoms with Crippen LogP contribution in [-0.4, -0.2) is 13.0 Å². The van der Waals surface area contributed by atoms with Crippen LogP contribution in [0.25, 0.3) is 6.08 Å². The minimum atomic E-state index is -0.513. The van der Waals surface area contributed by atoms with E-state index in [0.717, 1.165) is 5.56 Å². The van der Waals surface area contributed by atoms with Crippen molar-refractivity contribution in [1.29, 1.82) is 5.26 Å². The number of carbonyl (C=O) groups excluding carboxylic acids is 1. The number of methoxy groups -OCH3 is 1. The molecule has 1 N–H and O–H groups in total. The van der Waals surface area contributed by atoms with Crippen molar-refractivity contribution in [1.82, 2.24) is 0 Å². The summed E-state index contributed by atoms with van der Waals surface area (Å²) in [5.41, 5.74) is 1.91. The van der Waals surface area contributed by atoms with Crippen molar-refractivity contribution in [2.75, 3.05) is 12.4 Å². The Hall–Kier alpha value is -3.63. The lowest BCUT2D eigenvalue weighted by Gasteiger charge is -2.14. The first-order chi connectivity index (χ1) is 15.0. The Bertz CT molecular complexity index is 1140. The SMILES string of the molecule is COc1cc(/C=C(/C#N)C(=O)Nc2ccccc2)cc(Br)c1OCc1ccc(F)cc1. The fourth-order valence-electron chi connectivity index (χ4n) is 2.73. The molecule has 156 valence electrons. The average Bonchev–Trinajstić information content (AvgIpc) is 2.78. The van der Waals surface area contributed by atoms with E-state index in [1.807, 2.05) is 12.1 Å². The number of ether oxygens (including phenoxy) is 2. The minimum Gasteiger partial charge on any atom is -0.493 e. The molecule has 0 saturated carbocycles. The number of nitrogens with one attached hydrogen (secondary N) is 1. The van der Waals surface area contributed by atoms with Gasteiger partial charge in [-0.3, -0.25) is 4.79 Å². The van der Waals surface area contributed by atoms with Crippen molar-refractivity contribution in [2.24, 2.45) is 0 Å². The van der Waals surface area contributed by atoms with Gasteiger partial charge in [0.15, 0.2) is 11.5 Å². The average molecular weight is 481 g/mol. The Kier molecular flexibility index (Phi) is 7.41. The van der Waals surface area contributed by atoms with Gasteiger partial charge < -0.3 is 14.8 Å². The third-order valence-corrected chi connectivity index (χ3v) is 4.84. The molecule has 0 heterocycles. The predicted octanol–water partition coefficient (Wildman–Crippen LogP) is 5.72. The zero-order chi connectivity index (χ0) is 22.2. The van der Waals surface area contributed by atoms with Crippen LogP contribution in [0.4, 0.5) is 10.1 Å². The van der Waals surface area contributed by atoms with Gasteiger partial charge in [0.2, 0.25) is 0 Å². The van der Waals surface area contributed by atoms with E-state index in [1.165, 1.54) is 25.3 Å². The summed E-state index contributed by atoms with van der Waals surface area (Å²) in [5.74, 6) is 0.0448. The van der Waals surface area contributed by atoms with E-state index >= 15 is 0 Å². The molecule has 7 heteroatoms. The normalized spacial score (nSPS) is 10.8. The highest BCUT2D eigenvalue weighted by Gasteiger charge is 2.14. The summed E-state index contributed by atoms with van der Waals surface area (Å²) in [5, 5.41) is 12.1. The molecule has 0 aliphatic rings. The van der Waals surface area contributed by atoms with E-state index in [4.69, 9.17) is 9.47 Å². The second-order valence-corrected chi connectivity index (χ2v) is 7.29. The molecule has 5 nitrogen and oxygen atoms in total. The van der Waals surface area contributed by atoms with Crippen molar-refractivity contribution >= 4 is 33.6 Å². The zero-order valence-corrected chi connectivity index (χ0v) is 18.1. The van der Waals surface area contributed by atoms with Crippen molar-refractivity contribution in [3.8, 4) is 17.6 Å². The van der Waals surface area contributed by atoms with Crippen molar-refractivity contribution in [3.63, 3.8) is 0 Å². The molecule has 0 aliphatic carbocycles. The zero-order valence-electron chi connectivity index (χ0n) is 16.6. The van der Waals surface area contributed by atoms with Crippen molar-refractivity contribution < 1.29 is 18.7 Å². The number of para-hydroxylation sites is 1. The number of anilines is 1. The number of carbonyl (C=O) groups is 1. The lowest BCUT2D eigenvalue weighted by molar-refractivity contribution is -0.112. The second-order valence-electron chi connectivity index (χ2n) is 6.44. The molecule has 3 aromatic carbocycles. The van der Waals surface area contributed by atoms with Crippen LogP contribution in [-0.2, 0) is 11.4 Å². The summed E-state index contributed by atoms with van der Waals surface area (Å²) in [6, 6.07) is 20.2. The fraction of sp³-hybridized carbons (Fsp3) is 0.0833. The minimum absolute atomic E-state index is 0.0576. The predicted molar refractivity (Wildman–Crippen MR) is 120 cm³/mol. The lowest BCUT2D eigenvalue weighted by atomic mass is 10.1. The summed E-state index contributed by atoms with van der Waals surface area (Å²) in [4.78, 5) is 12.4. The first kappa shape index (κ1) is 22.1. The topological polar surface area (TPSA) is 71.3 Å². The first-order valence-electron chi connectivity index (χ1n) is 9.23. The van der Waals surface area contributed by atoms with E-state index in [9.17, 15) is 14.4 Å². The molecule has 31 heavy (non-hydrogen) atoms. The third-order valence-electron chi connectivity index (χ3n) is 4.26. The highest BCUT2D eigenvalue weighted by molar-refractivity contribution is 9.10. The van der Waals surface area contributed by atoms with Crippen molar-refractivity contribution in [3.05, 3.63) is 93.7 Å². The Balaban J connectivity index is 1.81. The van der Waals surface area contributed by atoms with Gasteiger partial charge in [-0.15, -0.1) is 0 Å². The van der Waals surface area contributed by atoms with E-state index < -0.39 is 5.91 Å². The van der Waals surface area contributed by atoms with E-state index in [0.29, 0.717) is 27.2 Å². The Morgan fingerprint density at radius 2 is 1.87 bits per heavy atom. The van der Waals surface area contributed by atoms with Crippen LogP contribution >= 0.6 is 15.9 Å². The van der Waals surface area contributed by atoms with Crippen LogP contribution < -0.4 is 14.8 Å².